The number of rotatable bonds is 3. The van der Waals surface area contributed by atoms with Crippen LogP contribution in [-0.2, 0) is 9.84 Å². The fourth-order valence-corrected chi connectivity index (χ4v) is 5.37. The van der Waals surface area contributed by atoms with Gasteiger partial charge in [0.05, 0.1) is 10.1 Å². The third kappa shape index (κ3) is 3.91. The molecule has 1 saturated carbocycles. The molecule has 24 heavy (non-hydrogen) atoms. The van der Waals surface area contributed by atoms with Crippen molar-refractivity contribution in [3.05, 3.63) is 30.3 Å². The van der Waals surface area contributed by atoms with E-state index in [1.807, 2.05) is 0 Å². The Bertz CT molecular complexity index is 652. The third-order valence-electron chi connectivity index (χ3n) is 5.13. The first kappa shape index (κ1) is 17.3. The fourth-order valence-electron chi connectivity index (χ4n) is 3.66. The molecule has 2 fully saturated rings. The van der Waals surface area contributed by atoms with Gasteiger partial charge in [0.15, 0.2) is 9.84 Å². The van der Waals surface area contributed by atoms with Crippen LogP contribution in [0, 0.1) is 0 Å². The van der Waals surface area contributed by atoms with Gasteiger partial charge in [0.25, 0.3) is 0 Å². The maximum absolute atomic E-state index is 12.7. The topological polar surface area (TPSA) is 66.5 Å². The molecule has 1 unspecified atom stereocenters. The molecule has 0 radical (unpaired) electrons. The molecule has 3 rings (SSSR count). The van der Waals surface area contributed by atoms with E-state index in [4.69, 9.17) is 0 Å². The number of amides is 2. The monoisotopic (exact) mass is 350 g/mol. The second-order valence-electron chi connectivity index (χ2n) is 6.85. The van der Waals surface area contributed by atoms with Crippen LogP contribution in [0.4, 0.5) is 4.79 Å². The van der Waals surface area contributed by atoms with E-state index in [2.05, 4.69) is 5.32 Å². The summed E-state index contributed by atoms with van der Waals surface area (Å²) in [6.45, 7) is 0.797. The van der Waals surface area contributed by atoms with Gasteiger partial charge in [0.2, 0.25) is 0 Å². The second-order valence-corrected chi connectivity index (χ2v) is 9.08. The Morgan fingerprint density at radius 3 is 2.33 bits per heavy atom. The summed E-state index contributed by atoms with van der Waals surface area (Å²) in [5.41, 5.74) is 0. The number of hydrogen-bond donors (Lipinski definition) is 1. The molecule has 0 aromatic heterocycles. The van der Waals surface area contributed by atoms with Crippen LogP contribution in [0.2, 0.25) is 0 Å². The Morgan fingerprint density at radius 1 is 1.00 bits per heavy atom. The molecule has 1 atom stereocenters. The van der Waals surface area contributed by atoms with Crippen molar-refractivity contribution < 1.29 is 13.2 Å². The van der Waals surface area contributed by atoms with E-state index in [9.17, 15) is 13.2 Å². The van der Waals surface area contributed by atoms with Crippen LogP contribution < -0.4 is 5.32 Å². The largest absolute Gasteiger partial charge is 0.335 e. The van der Waals surface area contributed by atoms with Crippen molar-refractivity contribution in [3.8, 4) is 0 Å². The summed E-state index contributed by atoms with van der Waals surface area (Å²) >= 11 is 0. The average Bonchev–Trinajstić information content (AvgIpc) is 2.97. The van der Waals surface area contributed by atoms with Crippen molar-refractivity contribution in [1.29, 1.82) is 0 Å². The van der Waals surface area contributed by atoms with Crippen molar-refractivity contribution in [3.63, 3.8) is 0 Å². The highest BCUT2D eigenvalue weighted by Gasteiger charge is 2.36. The molecule has 6 heteroatoms. The van der Waals surface area contributed by atoms with E-state index in [-0.39, 0.29) is 18.6 Å². The Labute approximate surface area is 144 Å². The first-order valence-corrected chi connectivity index (χ1v) is 10.5. The van der Waals surface area contributed by atoms with Crippen LogP contribution in [-0.4, -0.2) is 43.7 Å². The standard InChI is InChI=1S/C18H26N2O3S/c21-18(19-15-8-4-1-2-5-9-15)20-13-12-17(14-20)24(22,23)16-10-6-3-7-11-16/h3,6-7,10-11,15,17H,1-2,4-5,8-9,12-14H2,(H,19,21). The zero-order valence-corrected chi connectivity index (χ0v) is 14.8. The zero-order chi connectivity index (χ0) is 17.0. The second kappa shape index (κ2) is 7.55. The molecule has 5 nitrogen and oxygen atoms in total. The highest BCUT2D eigenvalue weighted by molar-refractivity contribution is 7.92. The van der Waals surface area contributed by atoms with Crippen molar-refractivity contribution in [1.82, 2.24) is 10.2 Å². The number of benzene rings is 1. The predicted octanol–water partition coefficient (Wildman–Crippen LogP) is 2.97. The number of nitrogens with zero attached hydrogens (tertiary/aromatic N) is 1. The van der Waals surface area contributed by atoms with Gasteiger partial charge in [-0.05, 0) is 31.4 Å². The van der Waals surface area contributed by atoms with Gasteiger partial charge in [0, 0.05) is 19.1 Å². The molecule has 132 valence electrons. The third-order valence-corrected chi connectivity index (χ3v) is 7.32. The molecule has 2 amide bonds. The zero-order valence-electron chi connectivity index (χ0n) is 14.0. The Hall–Kier alpha value is -1.56. The van der Waals surface area contributed by atoms with Crippen molar-refractivity contribution in [2.45, 2.75) is 61.1 Å². The molecule has 1 aliphatic heterocycles. The minimum absolute atomic E-state index is 0.104. The molecule has 1 N–H and O–H groups in total. The first-order chi connectivity index (χ1) is 11.6. The van der Waals surface area contributed by atoms with Crippen LogP contribution in [0.15, 0.2) is 35.2 Å². The SMILES string of the molecule is O=C(NC1CCCCCC1)N1CCC(S(=O)(=O)c2ccccc2)C1. The maximum Gasteiger partial charge on any atom is 0.317 e. The van der Waals surface area contributed by atoms with Crippen molar-refractivity contribution in [2.75, 3.05) is 13.1 Å². The minimum atomic E-state index is -3.37. The van der Waals surface area contributed by atoms with Crippen LogP contribution in [0.1, 0.15) is 44.9 Å². The van der Waals surface area contributed by atoms with Gasteiger partial charge in [-0.1, -0.05) is 43.9 Å². The normalized spacial score (nSPS) is 23.0. The van der Waals surface area contributed by atoms with Crippen LogP contribution in [0.25, 0.3) is 0 Å². The summed E-state index contributed by atoms with van der Waals surface area (Å²) in [6.07, 6.45) is 7.39. The Morgan fingerprint density at radius 2 is 1.67 bits per heavy atom. The molecule has 1 heterocycles. The molecule has 1 aromatic rings. The summed E-state index contributed by atoms with van der Waals surface area (Å²) in [5, 5.41) is 2.60. The van der Waals surface area contributed by atoms with Crippen molar-refractivity contribution >= 4 is 15.9 Å². The van der Waals surface area contributed by atoms with E-state index < -0.39 is 15.1 Å². The highest BCUT2D eigenvalue weighted by atomic mass is 32.2. The summed E-state index contributed by atoms with van der Waals surface area (Å²) < 4.78 is 25.4. The van der Waals surface area contributed by atoms with Gasteiger partial charge in [-0.2, -0.15) is 0 Å². The summed E-state index contributed by atoms with van der Waals surface area (Å²) in [4.78, 5) is 14.5. The molecule has 0 bridgehead atoms. The van der Waals surface area contributed by atoms with Crippen LogP contribution >= 0.6 is 0 Å². The number of urea groups is 1. The summed E-state index contributed by atoms with van der Waals surface area (Å²) in [5.74, 6) is 0. The molecule has 2 aliphatic rings. The lowest BCUT2D eigenvalue weighted by Gasteiger charge is -2.22. The van der Waals surface area contributed by atoms with Crippen LogP contribution in [0.3, 0.4) is 0 Å². The van der Waals surface area contributed by atoms with E-state index in [0.717, 1.165) is 25.7 Å². The number of carbonyl (C=O) groups is 1. The number of likely N-dealkylation sites (tertiary alicyclic amines) is 1. The van der Waals surface area contributed by atoms with Gasteiger partial charge in [-0.25, -0.2) is 13.2 Å². The Balaban J connectivity index is 1.59. The molecule has 0 spiro atoms. The molecular weight excluding hydrogens is 324 g/mol. The summed E-state index contributed by atoms with van der Waals surface area (Å²) in [6, 6.07) is 8.67. The number of carbonyl (C=O) groups excluding carboxylic acids is 1. The lowest BCUT2D eigenvalue weighted by molar-refractivity contribution is 0.203. The van der Waals surface area contributed by atoms with Gasteiger partial charge in [-0.15, -0.1) is 0 Å². The van der Waals surface area contributed by atoms with E-state index >= 15 is 0 Å². The van der Waals surface area contributed by atoms with Gasteiger partial charge in [-0.3, -0.25) is 0 Å². The summed E-state index contributed by atoms with van der Waals surface area (Å²) in [7, 11) is -3.37. The highest BCUT2D eigenvalue weighted by Crippen LogP contribution is 2.24. The lowest BCUT2D eigenvalue weighted by atomic mass is 10.1. The fraction of sp³-hybridized carbons (Fsp3) is 0.611. The number of hydrogen-bond acceptors (Lipinski definition) is 3. The molecular formula is C18H26N2O3S. The van der Waals surface area contributed by atoms with E-state index in [0.29, 0.717) is 17.9 Å². The van der Waals surface area contributed by atoms with Crippen LogP contribution in [0.5, 0.6) is 0 Å². The average molecular weight is 350 g/mol. The quantitative estimate of drug-likeness (QED) is 0.852. The molecule has 1 aromatic carbocycles. The van der Waals surface area contributed by atoms with Crippen molar-refractivity contribution in [2.24, 2.45) is 0 Å². The molecule has 1 saturated heterocycles. The predicted molar refractivity (Wildman–Crippen MR) is 93.6 cm³/mol. The van der Waals surface area contributed by atoms with E-state index in [1.54, 1.807) is 35.2 Å². The van der Waals surface area contributed by atoms with Gasteiger partial charge in [0.1, 0.15) is 0 Å². The smallest absolute Gasteiger partial charge is 0.317 e. The van der Waals surface area contributed by atoms with E-state index in [1.165, 1.54) is 12.8 Å². The first-order valence-electron chi connectivity index (χ1n) is 8.92. The Kier molecular flexibility index (Phi) is 5.43. The maximum atomic E-state index is 12.7. The van der Waals surface area contributed by atoms with Gasteiger partial charge >= 0.3 is 6.03 Å². The molecule has 1 aliphatic carbocycles. The number of nitrogens with one attached hydrogen (secondary N) is 1. The lowest BCUT2D eigenvalue weighted by Crippen LogP contribution is -2.44. The van der Waals surface area contributed by atoms with Gasteiger partial charge < -0.3 is 10.2 Å². The minimum Gasteiger partial charge on any atom is -0.335 e. The number of sulfone groups is 1.